The zero-order valence-corrected chi connectivity index (χ0v) is 12.0. The highest BCUT2D eigenvalue weighted by Crippen LogP contribution is 2.17. The van der Waals surface area contributed by atoms with Crippen LogP contribution in [-0.4, -0.2) is 34.7 Å². The summed E-state index contributed by atoms with van der Waals surface area (Å²) in [6.07, 6.45) is 2.45. The first-order chi connectivity index (χ1) is 9.01. The van der Waals surface area contributed by atoms with Crippen molar-refractivity contribution in [3.8, 4) is 0 Å². The average Bonchev–Trinajstić information content (AvgIpc) is 2.39. The van der Waals surface area contributed by atoms with Crippen LogP contribution in [0.4, 0.5) is 0 Å². The molecule has 8 heteroatoms. The van der Waals surface area contributed by atoms with Gasteiger partial charge >= 0.3 is 0 Å². The van der Waals surface area contributed by atoms with Gasteiger partial charge in [0.05, 0.1) is 4.92 Å². The predicted octanol–water partition coefficient (Wildman–Crippen LogP) is 3.11. The summed E-state index contributed by atoms with van der Waals surface area (Å²) in [5.74, 6) is 0.562. The fraction of sp³-hybridized carbons (Fsp3) is 0.455. The van der Waals surface area contributed by atoms with Crippen LogP contribution in [0.3, 0.4) is 0 Å². The van der Waals surface area contributed by atoms with Crippen LogP contribution in [0.5, 0.6) is 0 Å². The monoisotopic (exact) mass is 307 g/mol. The molecule has 0 aliphatic carbocycles. The van der Waals surface area contributed by atoms with Crippen molar-refractivity contribution in [2.75, 3.05) is 24.8 Å². The quantitative estimate of drug-likeness (QED) is 0.216. The van der Waals surface area contributed by atoms with Crippen LogP contribution in [-0.2, 0) is 0 Å². The maximum absolute atomic E-state index is 11.0. The minimum atomic E-state index is -0.619. The number of allylic oxidation sites excluding steroid dienone is 2. The van der Waals surface area contributed by atoms with E-state index >= 15 is 0 Å². The molecule has 0 rings (SSSR count). The van der Waals surface area contributed by atoms with E-state index in [0.29, 0.717) is 13.1 Å². The largest absolute Gasteiger partial charge is 0.364 e. The summed E-state index contributed by atoms with van der Waals surface area (Å²) in [6.45, 7) is 5.97. The van der Waals surface area contributed by atoms with Crippen molar-refractivity contribution >= 4 is 23.2 Å². The van der Waals surface area contributed by atoms with Gasteiger partial charge in [-0.05, 0) is 12.1 Å². The van der Waals surface area contributed by atoms with Gasteiger partial charge in [-0.15, -0.1) is 28.1 Å². The molecule has 0 amide bonds. The maximum Gasteiger partial charge on any atom is 0.294 e. The molecule has 0 aliphatic rings. The molecule has 0 atom stereocenters. The fourth-order valence-electron chi connectivity index (χ4n) is 1.29. The van der Waals surface area contributed by atoms with Gasteiger partial charge in [-0.25, -0.2) is 0 Å². The second-order valence-corrected chi connectivity index (χ2v) is 4.16. The van der Waals surface area contributed by atoms with Crippen LogP contribution in [0.1, 0.15) is 6.92 Å². The number of nitrogens with zero attached hydrogens (tertiary/aromatic N) is 3. The number of hydrogen-bond acceptors (Lipinski definition) is 5. The summed E-state index contributed by atoms with van der Waals surface area (Å²) >= 11 is 11.3. The van der Waals surface area contributed by atoms with Crippen molar-refractivity contribution in [2.24, 2.45) is 5.18 Å². The minimum Gasteiger partial charge on any atom is -0.364 e. The number of rotatable bonds is 9. The van der Waals surface area contributed by atoms with Gasteiger partial charge in [-0.1, -0.05) is 12.7 Å². The molecule has 0 aromatic rings. The molecule has 0 spiro atoms. The predicted molar refractivity (Wildman–Crippen MR) is 76.8 cm³/mol. The van der Waals surface area contributed by atoms with E-state index in [9.17, 15) is 15.0 Å². The van der Waals surface area contributed by atoms with Crippen molar-refractivity contribution in [1.82, 2.24) is 4.90 Å². The lowest BCUT2D eigenvalue weighted by atomic mass is 10.2. The first-order valence-electron chi connectivity index (χ1n) is 5.43. The van der Waals surface area contributed by atoms with Gasteiger partial charge in [0.15, 0.2) is 0 Å². The van der Waals surface area contributed by atoms with E-state index in [1.54, 1.807) is 11.8 Å². The maximum atomic E-state index is 11.0. The van der Waals surface area contributed by atoms with E-state index < -0.39 is 4.92 Å². The van der Waals surface area contributed by atoms with Gasteiger partial charge in [0.25, 0.3) is 5.70 Å². The Hall–Kier alpha value is -1.40. The lowest BCUT2D eigenvalue weighted by Gasteiger charge is -2.22. The molecule has 0 N–H and O–H groups in total. The summed E-state index contributed by atoms with van der Waals surface area (Å²) in [7, 11) is 0. The molecule has 19 heavy (non-hydrogen) atoms. The zero-order valence-electron chi connectivity index (χ0n) is 10.5. The van der Waals surface area contributed by atoms with Crippen LogP contribution < -0.4 is 0 Å². The molecule has 0 saturated carbocycles. The van der Waals surface area contributed by atoms with Crippen molar-refractivity contribution in [2.45, 2.75) is 6.92 Å². The summed E-state index contributed by atoms with van der Waals surface area (Å²) in [5.41, 5.74) is -0.193. The van der Waals surface area contributed by atoms with Crippen molar-refractivity contribution in [1.29, 1.82) is 0 Å². The Morgan fingerprint density at radius 1 is 1.42 bits per heavy atom. The Bertz CT molecular complexity index is 402. The van der Waals surface area contributed by atoms with Gasteiger partial charge in [0.2, 0.25) is 0 Å². The van der Waals surface area contributed by atoms with Crippen molar-refractivity contribution in [3.05, 3.63) is 50.8 Å². The van der Waals surface area contributed by atoms with E-state index in [-0.39, 0.29) is 28.9 Å². The molecule has 0 radical (unpaired) electrons. The third-order valence-electron chi connectivity index (χ3n) is 2.27. The van der Waals surface area contributed by atoms with Crippen LogP contribution in [0, 0.1) is 15.0 Å². The van der Waals surface area contributed by atoms with Gasteiger partial charge in [-0.3, -0.25) is 10.1 Å². The minimum absolute atomic E-state index is 0.0375. The molecular formula is C11H15Cl2N3O3. The number of alkyl halides is 2. The van der Waals surface area contributed by atoms with E-state index in [0.717, 1.165) is 6.08 Å². The Balaban J connectivity index is 5.33. The highest BCUT2D eigenvalue weighted by atomic mass is 35.5. The topological polar surface area (TPSA) is 75.8 Å². The van der Waals surface area contributed by atoms with Crippen molar-refractivity contribution < 1.29 is 4.92 Å². The lowest BCUT2D eigenvalue weighted by molar-refractivity contribution is -0.422. The van der Waals surface area contributed by atoms with E-state index in [1.807, 2.05) is 0 Å². The van der Waals surface area contributed by atoms with Crippen LogP contribution in [0.15, 0.2) is 41.0 Å². The Kier molecular flexibility index (Phi) is 8.82. The van der Waals surface area contributed by atoms with E-state index in [2.05, 4.69) is 11.8 Å². The average molecular weight is 308 g/mol. The number of halogens is 2. The summed E-state index contributed by atoms with van der Waals surface area (Å²) in [5, 5.41) is 13.7. The molecule has 106 valence electrons. The normalized spacial score (nSPS) is 12.2. The summed E-state index contributed by atoms with van der Waals surface area (Å²) in [4.78, 5) is 22.5. The molecule has 6 nitrogen and oxygen atoms in total. The first kappa shape index (κ1) is 17.6. The highest BCUT2D eigenvalue weighted by molar-refractivity contribution is 6.18. The third kappa shape index (κ3) is 5.85. The molecule has 0 fully saturated rings. The van der Waals surface area contributed by atoms with Crippen LogP contribution in [0.25, 0.3) is 0 Å². The Labute approximate surface area is 121 Å². The highest BCUT2D eigenvalue weighted by Gasteiger charge is 2.21. The molecule has 0 aliphatic heterocycles. The van der Waals surface area contributed by atoms with Gasteiger partial charge < -0.3 is 4.90 Å². The SMILES string of the molecule is C=C(/C(=C\C(=C/C)N=O)[N+](=O)[O-])N(CCCl)CCCl. The van der Waals surface area contributed by atoms with Gasteiger partial charge in [0.1, 0.15) is 11.4 Å². The fourth-order valence-corrected chi connectivity index (χ4v) is 1.70. The van der Waals surface area contributed by atoms with E-state index in [1.165, 1.54) is 6.08 Å². The third-order valence-corrected chi connectivity index (χ3v) is 2.61. The van der Waals surface area contributed by atoms with E-state index in [4.69, 9.17) is 23.2 Å². The first-order valence-corrected chi connectivity index (χ1v) is 6.50. The molecule has 0 aromatic heterocycles. The lowest BCUT2D eigenvalue weighted by Crippen LogP contribution is -2.29. The second-order valence-electron chi connectivity index (χ2n) is 3.40. The van der Waals surface area contributed by atoms with Crippen LogP contribution in [0.2, 0.25) is 0 Å². The summed E-state index contributed by atoms with van der Waals surface area (Å²) < 4.78 is 0. The van der Waals surface area contributed by atoms with Crippen LogP contribution >= 0.6 is 23.2 Å². The second kappa shape index (κ2) is 9.52. The number of nitroso groups, excluding NO2 is 1. The van der Waals surface area contributed by atoms with Gasteiger partial charge in [0, 0.05) is 30.9 Å². The van der Waals surface area contributed by atoms with Crippen molar-refractivity contribution in [3.63, 3.8) is 0 Å². The smallest absolute Gasteiger partial charge is 0.294 e. The molecule has 0 unspecified atom stereocenters. The van der Waals surface area contributed by atoms with Gasteiger partial charge in [-0.2, -0.15) is 0 Å². The molecule has 0 aromatic carbocycles. The summed E-state index contributed by atoms with van der Waals surface area (Å²) in [6, 6.07) is 0. The number of nitro groups is 1. The molecule has 0 saturated heterocycles. The number of hydrogen-bond donors (Lipinski definition) is 0. The zero-order chi connectivity index (χ0) is 14.8. The molecular weight excluding hydrogens is 293 g/mol. The Morgan fingerprint density at radius 3 is 2.26 bits per heavy atom. The standard InChI is InChI=1S/C11H15Cl2N3O3/c1-3-10(14-17)8-11(16(18)19)9(2)15(6-4-12)7-5-13/h3,8H,2,4-7H2,1H3/b10-3+,11-8+. The molecule has 0 heterocycles. The molecule has 0 bridgehead atoms. The Morgan fingerprint density at radius 2 is 1.95 bits per heavy atom.